The lowest BCUT2D eigenvalue weighted by Gasteiger charge is -1.93. The van der Waals surface area contributed by atoms with E-state index in [2.05, 4.69) is 6.92 Å². The van der Waals surface area contributed by atoms with Crippen molar-refractivity contribution in [3.8, 4) is 0 Å². The summed E-state index contributed by atoms with van der Waals surface area (Å²) in [5, 5.41) is 0. The monoisotopic (exact) mass is 133 g/mol. The highest BCUT2D eigenvalue weighted by molar-refractivity contribution is 4.41. The number of hydrogen-bond donors (Lipinski definition) is 1. The molecule has 0 radical (unpaired) electrons. The number of nitrogens with two attached hydrogens (primary N) is 1. The van der Waals surface area contributed by atoms with Crippen LogP contribution in [0.25, 0.3) is 0 Å². The van der Waals surface area contributed by atoms with Gasteiger partial charge in [0.25, 0.3) is 0 Å². The minimum absolute atomic E-state index is 0. The Hall–Kier alpha value is -0.0800. The first-order chi connectivity index (χ1) is 3.91. The van der Waals surface area contributed by atoms with E-state index in [9.17, 15) is 0 Å². The Labute approximate surface area is 57.7 Å². The fourth-order valence-corrected chi connectivity index (χ4v) is 0.748. The highest BCUT2D eigenvalue weighted by Gasteiger charge is 1.83. The van der Waals surface area contributed by atoms with E-state index in [1.54, 1.807) is 0 Å². The molecule has 0 fully saturated rings. The van der Waals surface area contributed by atoms with Crippen LogP contribution in [0.4, 0.5) is 0 Å². The molecule has 0 saturated carbocycles. The summed E-state index contributed by atoms with van der Waals surface area (Å²) < 4.78 is 0. The van der Waals surface area contributed by atoms with Crippen molar-refractivity contribution in [2.75, 3.05) is 6.54 Å². The van der Waals surface area contributed by atoms with Gasteiger partial charge in [0.05, 0.1) is 0 Å². The van der Waals surface area contributed by atoms with Crippen molar-refractivity contribution in [2.45, 2.75) is 39.0 Å². The molecule has 0 aromatic heterocycles. The van der Waals surface area contributed by atoms with E-state index in [4.69, 9.17) is 5.73 Å². The Kier molecular flexibility index (Phi) is 14.0. The zero-order valence-electron chi connectivity index (χ0n) is 6.32. The van der Waals surface area contributed by atoms with Gasteiger partial charge in [-0.25, -0.2) is 0 Å². The first-order valence-electron chi connectivity index (χ1n) is 3.62. The quantitative estimate of drug-likeness (QED) is 0.561. The van der Waals surface area contributed by atoms with Crippen molar-refractivity contribution in [2.24, 2.45) is 5.73 Å². The predicted molar refractivity (Wildman–Crippen MR) is 41.4 cm³/mol. The highest BCUT2D eigenvalue weighted by Crippen LogP contribution is 2.00. The SMILES string of the molecule is CCCCCCCN.O. The lowest BCUT2D eigenvalue weighted by Crippen LogP contribution is -1.97. The van der Waals surface area contributed by atoms with Crippen LogP contribution in [-0.2, 0) is 0 Å². The first kappa shape index (κ1) is 11.7. The molecule has 0 amide bonds. The third-order valence-corrected chi connectivity index (χ3v) is 1.31. The molecule has 2 nitrogen and oxygen atoms in total. The lowest BCUT2D eigenvalue weighted by molar-refractivity contribution is 0.638. The molecule has 0 aromatic carbocycles. The molecule has 0 bridgehead atoms. The van der Waals surface area contributed by atoms with Crippen LogP contribution < -0.4 is 5.73 Å². The van der Waals surface area contributed by atoms with Gasteiger partial charge in [-0.05, 0) is 13.0 Å². The van der Waals surface area contributed by atoms with Crippen molar-refractivity contribution in [1.29, 1.82) is 0 Å². The zero-order chi connectivity index (χ0) is 6.24. The molecule has 0 rings (SSSR count). The Morgan fingerprint density at radius 1 is 1.00 bits per heavy atom. The molecular weight excluding hydrogens is 114 g/mol. The van der Waals surface area contributed by atoms with Crippen molar-refractivity contribution in [1.82, 2.24) is 0 Å². The molecule has 0 atom stereocenters. The minimum Gasteiger partial charge on any atom is -0.412 e. The second-order valence-corrected chi connectivity index (χ2v) is 2.20. The molecular formula is C7H19NO. The van der Waals surface area contributed by atoms with E-state index in [1.165, 1.54) is 32.1 Å². The van der Waals surface area contributed by atoms with Gasteiger partial charge >= 0.3 is 0 Å². The van der Waals surface area contributed by atoms with Crippen LogP contribution in [0, 0.1) is 0 Å². The molecule has 0 saturated heterocycles. The third kappa shape index (κ3) is 11.5. The summed E-state index contributed by atoms with van der Waals surface area (Å²) in [6.45, 7) is 3.09. The van der Waals surface area contributed by atoms with Crippen molar-refractivity contribution in [3.63, 3.8) is 0 Å². The molecule has 58 valence electrons. The molecule has 4 N–H and O–H groups in total. The summed E-state index contributed by atoms with van der Waals surface area (Å²) in [4.78, 5) is 0. The van der Waals surface area contributed by atoms with E-state index in [1.807, 2.05) is 0 Å². The van der Waals surface area contributed by atoms with Crippen LogP contribution in [0.3, 0.4) is 0 Å². The Bertz CT molecular complexity index is 33.9. The van der Waals surface area contributed by atoms with Gasteiger partial charge in [0.2, 0.25) is 0 Å². The summed E-state index contributed by atoms with van der Waals surface area (Å²) >= 11 is 0. The van der Waals surface area contributed by atoms with Crippen molar-refractivity contribution in [3.05, 3.63) is 0 Å². The minimum atomic E-state index is 0. The number of rotatable bonds is 5. The van der Waals surface area contributed by atoms with Crippen LogP contribution in [-0.4, -0.2) is 12.0 Å². The molecule has 0 heterocycles. The highest BCUT2D eigenvalue weighted by atomic mass is 16.0. The van der Waals surface area contributed by atoms with Crippen LogP contribution in [0.15, 0.2) is 0 Å². The average molecular weight is 133 g/mol. The lowest BCUT2D eigenvalue weighted by atomic mass is 10.2. The number of unbranched alkanes of at least 4 members (excludes halogenated alkanes) is 4. The van der Waals surface area contributed by atoms with Gasteiger partial charge in [-0.3, -0.25) is 0 Å². The molecule has 0 spiro atoms. The van der Waals surface area contributed by atoms with Gasteiger partial charge in [-0.2, -0.15) is 0 Å². The van der Waals surface area contributed by atoms with Crippen LogP contribution >= 0.6 is 0 Å². The van der Waals surface area contributed by atoms with Gasteiger partial charge in [0.15, 0.2) is 0 Å². The predicted octanol–water partition coefficient (Wildman–Crippen LogP) is 1.09. The standard InChI is InChI=1S/C7H17N.H2O/c1-2-3-4-5-6-7-8;/h2-8H2,1H3;1H2. The van der Waals surface area contributed by atoms with E-state index in [-0.39, 0.29) is 5.48 Å². The molecule has 2 heteroatoms. The molecule has 9 heavy (non-hydrogen) atoms. The molecule has 0 aliphatic carbocycles. The second-order valence-electron chi connectivity index (χ2n) is 2.20. The zero-order valence-corrected chi connectivity index (χ0v) is 6.32. The van der Waals surface area contributed by atoms with Gasteiger partial charge in [0, 0.05) is 0 Å². The summed E-state index contributed by atoms with van der Waals surface area (Å²) in [7, 11) is 0. The fraction of sp³-hybridized carbons (Fsp3) is 1.00. The summed E-state index contributed by atoms with van der Waals surface area (Å²) in [5.41, 5.74) is 5.31. The van der Waals surface area contributed by atoms with Gasteiger partial charge in [-0.1, -0.05) is 32.6 Å². The van der Waals surface area contributed by atoms with Crippen molar-refractivity contribution >= 4 is 0 Å². The van der Waals surface area contributed by atoms with Gasteiger partial charge in [-0.15, -0.1) is 0 Å². The van der Waals surface area contributed by atoms with Gasteiger partial charge < -0.3 is 11.2 Å². The van der Waals surface area contributed by atoms with E-state index >= 15 is 0 Å². The summed E-state index contributed by atoms with van der Waals surface area (Å²) in [6, 6.07) is 0. The van der Waals surface area contributed by atoms with Crippen LogP contribution in [0.5, 0.6) is 0 Å². The average Bonchev–Trinajstić information content (AvgIpc) is 1.81. The maximum absolute atomic E-state index is 5.31. The Morgan fingerprint density at radius 2 is 1.56 bits per heavy atom. The summed E-state index contributed by atoms with van der Waals surface area (Å²) in [6.07, 6.45) is 6.60. The topological polar surface area (TPSA) is 57.5 Å². The second kappa shape index (κ2) is 10.8. The van der Waals surface area contributed by atoms with Crippen molar-refractivity contribution < 1.29 is 5.48 Å². The largest absolute Gasteiger partial charge is 0.412 e. The van der Waals surface area contributed by atoms with E-state index < -0.39 is 0 Å². The summed E-state index contributed by atoms with van der Waals surface area (Å²) in [5.74, 6) is 0. The van der Waals surface area contributed by atoms with E-state index in [0.29, 0.717) is 0 Å². The normalized spacial score (nSPS) is 8.67. The molecule has 0 aliphatic rings. The first-order valence-corrected chi connectivity index (χ1v) is 3.62. The third-order valence-electron chi connectivity index (χ3n) is 1.31. The molecule has 0 aliphatic heterocycles. The molecule has 0 aromatic rings. The Morgan fingerprint density at radius 3 is 2.00 bits per heavy atom. The fourth-order valence-electron chi connectivity index (χ4n) is 0.748. The Balaban J connectivity index is 0. The smallest absolute Gasteiger partial charge is 0.00773 e. The molecule has 0 unspecified atom stereocenters. The van der Waals surface area contributed by atoms with Gasteiger partial charge in [0.1, 0.15) is 0 Å². The van der Waals surface area contributed by atoms with Crippen LogP contribution in [0.2, 0.25) is 0 Å². The van der Waals surface area contributed by atoms with Crippen LogP contribution in [0.1, 0.15) is 39.0 Å². The number of hydrogen-bond acceptors (Lipinski definition) is 1. The van der Waals surface area contributed by atoms with E-state index in [0.717, 1.165) is 6.54 Å². The maximum Gasteiger partial charge on any atom is -0.00773 e. The maximum atomic E-state index is 5.31.